The number of fused-ring (bicyclic) bond motifs is 3. The van der Waals surface area contributed by atoms with Crippen molar-refractivity contribution in [3.8, 4) is 11.1 Å². The lowest BCUT2D eigenvalue weighted by Crippen LogP contribution is -2.27. The summed E-state index contributed by atoms with van der Waals surface area (Å²) in [6.07, 6.45) is 11.1. The molecule has 0 bridgehead atoms. The highest BCUT2D eigenvalue weighted by Crippen LogP contribution is 2.47. The van der Waals surface area contributed by atoms with E-state index in [1.807, 2.05) is 0 Å². The van der Waals surface area contributed by atoms with Gasteiger partial charge in [-0.05, 0) is 55.4 Å². The van der Waals surface area contributed by atoms with Crippen molar-refractivity contribution in [2.75, 3.05) is 36.0 Å². The molecule has 0 N–H and O–H groups in total. The molecule has 2 nitrogen and oxygen atoms in total. The minimum absolute atomic E-state index is 1.08. The summed E-state index contributed by atoms with van der Waals surface area (Å²) in [6, 6.07) is 14.1. The van der Waals surface area contributed by atoms with E-state index in [9.17, 15) is 0 Å². The molecule has 0 radical (unpaired) electrons. The van der Waals surface area contributed by atoms with Gasteiger partial charge in [0.15, 0.2) is 0 Å². The summed E-state index contributed by atoms with van der Waals surface area (Å²) in [5.74, 6) is 0. The first-order chi connectivity index (χ1) is 15.2. The molecule has 2 aromatic rings. The van der Waals surface area contributed by atoms with E-state index in [1.54, 1.807) is 0 Å². The minimum atomic E-state index is 1.08. The number of rotatable bonds is 14. The van der Waals surface area contributed by atoms with Gasteiger partial charge < -0.3 is 9.80 Å². The van der Waals surface area contributed by atoms with E-state index < -0.39 is 0 Å². The zero-order valence-corrected chi connectivity index (χ0v) is 20.6. The Morgan fingerprint density at radius 2 is 0.903 bits per heavy atom. The normalized spacial score (nSPS) is 12.0. The molecule has 0 amide bonds. The molecule has 0 spiro atoms. The van der Waals surface area contributed by atoms with Gasteiger partial charge in [-0.3, -0.25) is 0 Å². The molecular formula is C29H44N2. The second kappa shape index (κ2) is 12.2. The quantitative estimate of drug-likeness (QED) is 0.260. The minimum Gasteiger partial charge on any atom is -0.371 e. The van der Waals surface area contributed by atoms with Crippen LogP contribution in [0.5, 0.6) is 0 Å². The molecule has 31 heavy (non-hydrogen) atoms. The molecule has 0 heterocycles. The predicted molar refractivity (Wildman–Crippen MR) is 139 cm³/mol. The maximum atomic E-state index is 2.68. The second-order valence-electron chi connectivity index (χ2n) is 9.19. The maximum Gasteiger partial charge on any atom is 0.0449 e. The zero-order chi connectivity index (χ0) is 22.1. The Kier molecular flexibility index (Phi) is 9.31. The molecule has 2 heteroatoms. The Morgan fingerprint density at radius 3 is 1.23 bits per heavy atom. The third kappa shape index (κ3) is 5.64. The topological polar surface area (TPSA) is 6.48 Å². The van der Waals surface area contributed by atoms with Crippen LogP contribution in [0.3, 0.4) is 0 Å². The van der Waals surface area contributed by atoms with Crippen molar-refractivity contribution in [1.82, 2.24) is 0 Å². The predicted octanol–water partition coefficient (Wildman–Crippen LogP) is 8.07. The first kappa shape index (κ1) is 23.7. The SMILES string of the molecule is CCCCN(CCCC)c1cccc2c1-c1c(cccc1N(CCCC)CCCC)C2. The number of hydrogen-bond acceptors (Lipinski definition) is 2. The van der Waals surface area contributed by atoms with Crippen LogP contribution in [0.15, 0.2) is 36.4 Å². The van der Waals surface area contributed by atoms with Crippen LogP contribution >= 0.6 is 0 Å². The smallest absolute Gasteiger partial charge is 0.0449 e. The van der Waals surface area contributed by atoms with Crippen molar-refractivity contribution in [2.45, 2.75) is 85.5 Å². The molecule has 0 fully saturated rings. The summed E-state index contributed by atoms with van der Waals surface area (Å²) in [5.41, 5.74) is 9.03. The molecule has 2 aromatic carbocycles. The standard InChI is InChI=1S/C29H44N2/c1-5-9-19-30(20-10-6-2)26-17-13-15-24-23-25-16-14-18-27(29(25)28(24)26)31(21-11-7-3)22-12-8-4/h13-18H,5-12,19-23H2,1-4H3. The van der Waals surface area contributed by atoms with Crippen molar-refractivity contribution in [3.63, 3.8) is 0 Å². The van der Waals surface area contributed by atoms with Crippen molar-refractivity contribution >= 4 is 11.4 Å². The van der Waals surface area contributed by atoms with Gasteiger partial charge in [-0.1, -0.05) is 77.6 Å². The highest BCUT2D eigenvalue weighted by molar-refractivity contribution is 5.94. The van der Waals surface area contributed by atoms with E-state index in [0.717, 1.165) is 6.42 Å². The van der Waals surface area contributed by atoms with E-state index in [0.29, 0.717) is 0 Å². The summed E-state index contributed by atoms with van der Waals surface area (Å²) in [7, 11) is 0. The zero-order valence-electron chi connectivity index (χ0n) is 20.6. The van der Waals surface area contributed by atoms with Crippen molar-refractivity contribution in [3.05, 3.63) is 47.5 Å². The van der Waals surface area contributed by atoms with Gasteiger partial charge in [0, 0.05) is 48.7 Å². The van der Waals surface area contributed by atoms with Crippen LogP contribution in [0.4, 0.5) is 11.4 Å². The van der Waals surface area contributed by atoms with Crippen LogP contribution in [0.25, 0.3) is 11.1 Å². The van der Waals surface area contributed by atoms with Crippen LogP contribution in [0, 0.1) is 0 Å². The van der Waals surface area contributed by atoms with Gasteiger partial charge in [-0.25, -0.2) is 0 Å². The molecule has 1 aliphatic carbocycles. The Balaban J connectivity index is 2.06. The molecular weight excluding hydrogens is 376 g/mol. The van der Waals surface area contributed by atoms with Crippen LogP contribution in [0.1, 0.15) is 90.2 Å². The first-order valence-corrected chi connectivity index (χ1v) is 13.0. The van der Waals surface area contributed by atoms with E-state index >= 15 is 0 Å². The maximum absolute atomic E-state index is 2.68. The first-order valence-electron chi connectivity index (χ1n) is 13.0. The van der Waals surface area contributed by atoms with Gasteiger partial charge in [-0.15, -0.1) is 0 Å². The molecule has 0 atom stereocenters. The number of benzene rings is 2. The summed E-state index contributed by atoms with van der Waals surface area (Å²) in [5, 5.41) is 0. The molecule has 0 saturated heterocycles. The van der Waals surface area contributed by atoms with Crippen molar-refractivity contribution in [1.29, 1.82) is 0 Å². The van der Waals surface area contributed by atoms with E-state index in [2.05, 4.69) is 73.9 Å². The number of nitrogens with zero attached hydrogens (tertiary/aromatic N) is 2. The Morgan fingerprint density at radius 1 is 0.548 bits per heavy atom. The fourth-order valence-corrected chi connectivity index (χ4v) is 4.88. The van der Waals surface area contributed by atoms with E-state index in [1.165, 1.54) is 111 Å². The van der Waals surface area contributed by atoms with Gasteiger partial charge in [0.1, 0.15) is 0 Å². The molecule has 170 valence electrons. The monoisotopic (exact) mass is 420 g/mol. The molecule has 1 aliphatic rings. The fraction of sp³-hybridized carbons (Fsp3) is 0.586. The summed E-state index contributed by atoms with van der Waals surface area (Å²) >= 11 is 0. The van der Waals surface area contributed by atoms with Crippen molar-refractivity contribution in [2.24, 2.45) is 0 Å². The lowest BCUT2D eigenvalue weighted by atomic mass is 9.99. The fourth-order valence-electron chi connectivity index (χ4n) is 4.88. The van der Waals surface area contributed by atoms with Gasteiger partial charge in [-0.2, -0.15) is 0 Å². The van der Waals surface area contributed by atoms with Gasteiger partial charge in [0.2, 0.25) is 0 Å². The Bertz CT molecular complexity index is 727. The molecule has 0 aromatic heterocycles. The van der Waals surface area contributed by atoms with E-state index in [4.69, 9.17) is 0 Å². The number of hydrogen-bond donors (Lipinski definition) is 0. The van der Waals surface area contributed by atoms with Crippen molar-refractivity contribution < 1.29 is 0 Å². The summed E-state index contributed by atoms with van der Waals surface area (Å²) in [4.78, 5) is 5.36. The van der Waals surface area contributed by atoms with Gasteiger partial charge in [0.25, 0.3) is 0 Å². The molecule has 0 saturated carbocycles. The molecule has 0 unspecified atom stereocenters. The number of anilines is 2. The molecule has 0 aliphatic heterocycles. The van der Waals surface area contributed by atoms with Gasteiger partial charge in [0.05, 0.1) is 0 Å². The van der Waals surface area contributed by atoms with Crippen LogP contribution in [-0.2, 0) is 6.42 Å². The lowest BCUT2D eigenvalue weighted by Gasteiger charge is -2.30. The Labute approximate surface area is 191 Å². The number of unbranched alkanes of at least 4 members (excludes halogenated alkanes) is 4. The highest BCUT2D eigenvalue weighted by atomic mass is 15.1. The Hall–Kier alpha value is -1.96. The summed E-state index contributed by atoms with van der Waals surface area (Å²) < 4.78 is 0. The highest BCUT2D eigenvalue weighted by Gasteiger charge is 2.27. The third-order valence-corrected chi connectivity index (χ3v) is 6.70. The largest absolute Gasteiger partial charge is 0.371 e. The lowest BCUT2D eigenvalue weighted by molar-refractivity contribution is 0.676. The summed E-state index contributed by atoms with van der Waals surface area (Å²) in [6.45, 7) is 13.9. The average Bonchev–Trinajstić information content (AvgIpc) is 3.18. The average molecular weight is 421 g/mol. The van der Waals surface area contributed by atoms with Crippen LogP contribution in [-0.4, -0.2) is 26.2 Å². The third-order valence-electron chi connectivity index (χ3n) is 6.70. The van der Waals surface area contributed by atoms with Crippen LogP contribution in [0.2, 0.25) is 0 Å². The second-order valence-corrected chi connectivity index (χ2v) is 9.19. The van der Waals surface area contributed by atoms with Gasteiger partial charge >= 0.3 is 0 Å². The molecule has 3 rings (SSSR count). The van der Waals surface area contributed by atoms with E-state index in [-0.39, 0.29) is 0 Å². The van der Waals surface area contributed by atoms with Crippen LogP contribution < -0.4 is 9.80 Å².